The number of para-hydroxylation sites is 2. The van der Waals surface area contributed by atoms with Gasteiger partial charge in [0.05, 0.1) is 22.4 Å². The van der Waals surface area contributed by atoms with Gasteiger partial charge in [0, 0.05) is 19.6 Å². The molecule has 25 heavy (non-hydrogen) atoms. The van der Waals surface area contributed by atoms with Crippen molar-refractivity contribution in [3.05, 3.63) is 71.5 Å². The van der Waals surface area contributed by atoms with Gasteiger partial charge >= 0.3 is 0 Å². The first-order valence-corrected chi connectivity index (χ1v) is 8.51. The van der Waals surface area contributed by atoms with Gasteiger partial charge < -0.3 is 5.32 Å². The summed E-state index contributed by atoms with van der Waals surface area (Å²) in [5.74, 6) is 0.0452. The van der Waals surface area contributed by atoms with Crippen LogP contribution in [-0.2, 0) is 11.3 Å². The number of benzene rings is 2. The number of aromatic nitrogens is 2. The summed E-state index contributed by atoms with van der Waals surface area (Å²) < 4.78 is 0. The Bertz CT molecular complexity index is 910. The first-order valence-electron chi connectivity index (χ1n) is 8.51. The monoisotopic (exact) mass is 332 g/mol. The summed E-state index contributed by atoms with van der Waals surface area (Å²) in [6.07, 6.45) is 0. The van der Waals surface area contributed by atoms with Crippen LogP contribution in [0.4, 0.5) is 0 Å². The van der Waals surface area contributed by atoms with Crippen molar-refractivity contribution in [2.24, 2.45) is 0 Å². The first kappa shape index (κ1) is 15.7. The largest absolute Gasteiger partial charge is 0.353 e. The Labute approximate surface area is 146 Å². The molecule has 126 valence electrons. The van der Waals surface area contributed by atoms with Crippen molar-refractivity contribution in [1.29, 1.82) is 0 Å². The van der Waals surface area contributed by atoms with E-state index in [4.69, 9.17) is 4.98 Å². The van der Waals surface area contributed by atoms with E-state index in [9.17, 15) is 4.79 Å². The van der Waals surface area contributed by atoms with Crippen LogP contribution in [0.2, 0.25) is 0 Å². The van der Waals surface area contributed by atoms with E-state index in [-0.39, 0.29) is 11.9 Å². The fourth-order valence-electron chi connectivity index (χ4n) is 3.35. The van der Waals surface area contributed by atoms with Crippen LogP contribution in [0.15, 0.2) is 54.6 Å². The van der Waals surface area contributed by atoms with Gasteiger partial charge in [0.1, 0.15) is 6.04 Å². The number of rotatable bonds is 3. The minimum Gasteiger partial charge on any atom is -0.353 e. The maximum Gasteiger partial charge on any atom is 0.242 e. The van der Waals surface area contributed by atoms with Crippen LogP contribution in [0.25, 0.3) is 11.0 Å². The van der Waals surface area contributed by atoms with Crippen molar-refractivity contribution in [3.63, 3.8) is 0 Å². The number of piperazine rings is 1. The van der Waals surface area contributed by atoms with E-state index in [0.29, 0.717) is 13.1 Å². The van der Waals surface area contributed by atoms with Gasteiger partial charge in [-0.15, -0.1) is 0 Å². The van der Waals surface area contributed by atoms with E-state index in [2.05, 4.69) is 15.2 Å². The number of carbonyl (C=O) groups excluding carboxylic acids is 1. The van der Waals surface area contributed by atoms with Gasteiger partial charge in [0.25, 0.3) is 0 Å². The number of carbonyl (C=O) groups is 1. The van der Waals surface area contributed by atoms with Gasteiger partial charge in [-0.3, -0.25) is 9.69 Å². The highest BCUT2D eigenvalue weighted by Crippen LogP contribution is 2.25. The predicted molar refractivity (Wildman–Crippen MR) is 96.9 cm³/mol. The molecule has 0 saturated carbocycles. The van der Waals surface area contributed by atoms with Gasteiger partial charge in [-0.1, -0.05) is 42.5 Å². The maximum absolute atomic E-state index is 12.5. The number of hydrogen-bond donors (Lipinski definition) is 1. The van der Waals surface area contributed by atoms with Crippen LogP contribution in [0.3, 0.4) is 0 Å². The average Bonchev–Trinajstić information content (AvgIpc) is 2.63. The first-order chi connectivity index (χ1) is 12.2. The molecule has 1 fully saturated rings. The highest BCUT2D eigenvalue weighted by atomic mass is 16.2. The molecule has 2 aromatic carbocycles. The molecule has 5 nitrogen and oxygen atoms in total. The third-order valence-electron chi connectivity index (χ3n) is 4.62. The molecule has 0 bridgehead atoms. The Hall–Kier alpha value is -2.79. The van der Waals surface area contributed by atoms with E-state index in [1.54, 1.807) is 0 Å². The molecule has 1 aromatic heterocycles. The van der Waals surface area contributed by atoms with Crippen molar-refractivity contribution in [2.75, 3.05) is 13.1 Å². The number of nitrogens with one attached hydrogen (secondary N) is 1. The number of hydrogen-bond acceptors (Lipinski definition) is 4. The standard InChI is InChI=1S/C20H20N4O/c1-14-18(23-17-10-6-5-9-16(17)22-14)13-24-12-11-21-20(25)19(24)15-7-3-2-4-8-15/h2-10,19H,11-13H2,1H3,(H,21,25). The molecular weight excluding hydrogens is 312 g/mol. The lowest BCUT2D eigenvalue weighted by Crippen LogP contribution is -2.49. The molecule has 2 heterocycles. The zero-order valence-electron chi connectivity index (χ0n) is 14.1. The second kappa shape index (κ2) is 6.61. The summed E-state index contributed by atoms with van der Waals surface area (Å²) in [5, 5.41) is 2.97. The number of fused-ring (bicyclic) bond motifs is 1. The van der Waals surface area contributed by atoms with Crippen molar-refractivity contribution >= 4 is 16.9 Å². The molecule has 1 saturated heterocycles. The Morgan fingerprint density at radius 2 is 1.72 bits per heavy atom. The summed E-state index contributed by atoms with van der Waals surface area (Å²) in [6.45, 7) is 4.04. The van der Waals surface area contributed by atoms with Crippen molar-refractivity contribution in [1.82, 2.24) is 20.2 Å². The molecule has 4 rings (SSSR count). The average molecular weight is 332 g/mol. The summed E-state index contributed by atoms with van der Waals surface area (Å²) >= 11 is 0. The molecule has 0 aliphatic carbocycles. The highest BCUT2D eigenvalue weighted by molar-refractivity contribution is 5.84. The molecular formula is C20H20N4O. The smallest absolute Gasteiger partial charge is 0.242 e. The molecule has 0 spiro atoms. The normalized spacial score (nSPS) is 18.3. The Balaban J connectivity index is 1.68. The molecule has 1 N–H and O–H groups in total. The molecule has 1 aliphatic rings. The third kappa shape index (κ3) is 3.10. The molecule has 1 aliphatic heterocycles. The predicted octanol–water partition coefficient (Wildman–Crippen LogP) is 2.61. The molecule has 1 unspecified atom stereocenters. The highest BCUT2D eigenvalue weighted by Gasteiger charge is 2.31. The van der Waals surface area contributed by atoms with E-state index >= 15 is 0 Å². The fourth-order valence-corrected chi connectivity index (χ4v) is 3.35. The summed E-state index contributed by atoms with van der Waals surface area (Å²) in [5.41, 5.74) is 4.64. The summed E-state index contributed by atoms with van der Waals surface area (Å²) in [4.78, 5) is 24.1. The van der Waals surface area contributed by atoms with Gasteiger partial charge in [0.2, 0.25) is 5.91 Å². The molecule has 3 aromatic rings. The second-order valence-electron chi connectivity index (χ2n) is 6.32. The van der Waals surface area contributed by atoms with Crippen LogP contribution in [0.1, 0.15) is 23.0 Å². The fraction of sp³-hybridized carbons (Fsp3) is 0.250. The SMILES string of the molecule is Cc1nc2ccccc2nc1CN1CCNC(=O)C1c1ccccc1. The van der Waals surface area contributed by atoms with Crippen molar-refractivity contribution in [2.45, 2.75) is 19.5 Å². The Morgan fingerprint density at radius 1 is 1.04 bits per heavy atom. The van der Waals surface area contributed by atoms with Crippen LogP contribution in [0.5, 0.6) is 0 Å². The summed E-state index contributed by atoms with van der Waals surface area (Å²) in [6, 6.07) is 17.5. The lowest BCUT2D eigenvalue weighted by atomic mass is 10.0. The van der Waals surface area contributed by atoms with Crippen LogP contribution >= 0.6 is 0 Å². The zero-order valence-corrected chi connectivity index (χ0v) is 14.1. The van der Waals surface area contributed by atoms with Crippen LogP contribution < -0.4 is 5.32 Å². The van der Waals surface area contributed by atoms with Gasteiger partial charge in [0.15, 0.2) is 0 Å². The number of aryl methyl sites for hydroxylation is 1. The van der Waals surface area contributed by atoms with Gasteiger partial charge in [-0.25, -0.2) is 9.97 Å². The third-order valence-corrected chi connectivity index (χ3v) is 4.62. The van der Waals surface area contributed by atoms with E-state index in [1.165, 1.54) is 0 Å². The number of nitrogens with zero attached hydrogens (tertiary/aromatic N) is 3. The zero-order chi connectivity index (χ0) is 17.2. The second-order valence-corrected chi connectivity index (χ2v) is 6.32. The molecule has 5 heteroatoms. The topological polar surface area (TPSA) is 58.1 Å². The molecule has 0 radical (unpaired) electrons. The van der Waals surface area contributed by atoms with Crippen LogP contribution in [-0.4, -0.2) is 33.9 Å². The maximum atomic E-state index is 12.5. The lowest BCUT2D eigenvalue weighted by Gasteiger charge is -2.35. The minimum atomic E-state index is -0.289. The van der Waals surface area contributed by atoms with Crippen molar-refractivity contribution < 1.29 is 4.79 Å². The Kier molecular flexibility index (Phi) is 4.15. The lowest BCUT2D eigenvalue weighted by molar-refractivity contribution is -0.129. The quantitative estimate of drug-likeness (QED) is 0.801. The minimum absolute atomic E-state index is 0.0452. The van der Waals surface area contributed by atoms with Crippen molar-refractivity contribution in [3.8, 4) is 0 Å². The van der Waals surface area contributed by atoms with Gasteiger partial charge in [-0.05, 0) is 24.6 Å². The molecule has 1 atom stereocenters. The summed E-state index contributed by atoms with van der Waals surface area (Å²) in [7, 11) is 0. The van der Waals surface area contributed by atoms with Gasteiger partial charge in [-0.2, -0.15) is 0 Å². The Morgan fingerprint density at radius 3 is 2.48 bits per heavy atom. The van der Waals surface area contributed by atoms with Crippen LogP contribution in [0, 0.1) is 6.92 Å². The van der Waals surface area contributed by atoms with E-state index in [0.717, 1.165) is 34.5 Å². The van der Waals surface area contributed by atoms with E-state index < -0.39 is 0 Å². The van der Waals surface area contributed by atoms with E-state index in [1.807, 2.05) is 61.5 Å². The number of amides is 1. The molecule has 1 amide bonds.